The molecule has 3 rings (SSSR count). The normalized spacial score (nSPS) is 12.2. The van der Waals surface area contributed by atoms with Gasteiger partial charge in [-0.15, -0.1) is 0 Å². The Morgan fingerprint density at radius 3 is 2.31 bits per heavy atom. The number of anilines is 1. The van der Waals surface area contributed by atoms with E-state index in [0.717, 1.165) is 28.8 Å². The van der Waals surface area contributed by atoms with Gasteiger partial charge in [-0.25, -0.2) is 13.1 Å². The maximum Gasteiger partial charge on any atom is 0.262 e. The van der Waals surface area contributed by atoms with E-state index in [1.165, 1.54) is 12.1 Å². The molecule has 1 amide bonds. The van der Waals surface area contributed by atoms with E-state index in [4.69, 9.17) is 4.74 Å². The van der Waals surface area contributed by atoms with Crippen LogP contribution in [0.25, 0.3) is 0 Å². The van der Waals surface area contributed by atoms with Crippen molar-refractivity contribution in [1.29, 1.82) is 0 Å². The summed E-state index contributed by atoms with van der Waals surface area (Å²) in [5.74, 6) is 0.139. The van der Waals surface area contributed by atoms with Gasteiger partial charge in [0.1, 0.15) is 5.75 Å². The molecule has 168 valence electrons. The summed E-state index contributed by atoms with van der Waals surface area (Å²) in [5.41, 5.74) is 3.74. The minimum Gasteiger partial charge on any atom is -0.484 e. The van der Waals surface area contributed by atoms with Crippen LogP contribution < -0.4 is 14.8 Å². The molecule has 6 nitrogen and oxygen atoms in total. The lowest BCUT2D eigenvalue weighted by atomic mass is 10.1. The van der Waals surface area contributed by atoms with Crippen LogP contribution >= 0.6 is 0 Å². The third-order valence-electron chi connectivity index (χ3n) is 5.14. The Balaban J connectivity index is 1.59. The van der Waals surface area contributed by atoms with Crippen molar-refractivity contribution in [2.24, 2.45) is 0 Å². The molecular formula is C25H28N2O4S. The van der Waals surface area contributed by atoms with Gasteiger partial charge in [0.25, 0.3) is 5.91 Å². The molecule has 3 aromatic carbocycles. The van der Waals surface area contributed by atoms with Gasteiger partial charge in [0.05, 0.1) is 4.90 Å². The van der Waals surface area contributed by atoms with Crippen LogP contribution in [0.2, 0.25) is 0 Å². The molecule has 2 N–H and O–H groups in total. The fraction of sp³-hybridized carbons (Fsp3) is 0.240. The zero-order valence-electron chi connectivity index (χ0n) is 18.5. The van der Waals surface area contributed by atoms with Gasteiger partial charge in [0, 0.05) is 11.7 Å². The number of hydrogen-bond donors (Lipinski definition) is 2. The number of sulfonamides is 1. The minimum absolute atomic E-state index is 0.129. The van der Waals surface area contributed by atoms with Crippen LogP contribution in [0.1, 0.15) is 36.6 Å². The Morgan fingerprint density at radius 1 is 0.969 bits per heavy atom. The summed E-state index contributed by atoms with van der Waals surface area (Å²) < 4.78 is 33.6. The number of aryl methyl sites for hydroxylation is 2. The summed E-state index contributed by atoms with van der Waals surface area (Å²) in [6.45, 7) is 5.60. The fourth-order valence-electron chi connectivity index (χ4n) is 3.35. The molecule has 0 heterocycles. The Morgan fingerprint density at radius 2 is 1.66 bits per heavy atom. The number of benzene rings is 3. The number of para-hydroxylation sites is 1. The second-order valence-corrected chi connectivity index (χ2v) is 9.24. The van der Waals surface area contributed by atoms with Gasteiger partial charge in [0.15, 0.2) is 6.61 Å². The highest BCUT2D eigenvalue weighted by molar-refractivity contribution is 7.89. The lowest BCUT2D eigenvalue weighted by Gasteiger charge is -2.15. The standard InChI is InChI=1S/C25H28N2O4S/c1-4-20-12-8-9-18(2)25(20)26-24(28)17-31-22-13-15-23(16-14-22)32(29,30)27-19(3)21-10-6-5-7-11-21/h5-16,19,27H,4,17H2,1-3H3,(H,26,28)/t19-/m0/s1. The van der Waals surface area contributed by atoms with E-state index in [9.17, 15) is 13.2 Å². The van der Waals surface area contributed by atoms with Crippen LogP contribution in [0.4, 0.5) is 5.69 Å². The number of carbonyl (C=O) groups is 1. The highest BCUT2D eigenvalue weighted by atomic mass is 32.2. The van der Waals surface area contributed by atoms with E-state index in [1.54, 1.807) is 19.1 Å². The lowest BCUT2D eigenvalue weighted by molar-refractivity contribution is -0.118. The van der Waals surface area contributed by atoms with Crippen molar-refractivity contribution in [3.05, 3.63) is 89.5 Å². The van der Waals surface area contributed by atoms with Crippen LogP contribution in [-0.2, 0) is 21.2 Å². The Hall–Kier alpha value is -3.16. The zero-order chi connectivity index (χ0) is 23.1. The SMILES string of the molecule is CCc1cccc(C)c1NC(=O)COc1ccc(S(=O)(=O)N[C@@H](C)c2ccccc2)cc1. The van der Waals surface area contributed by atoms with E-state index in [0.29, 0.717) is 5.75 Å². The van der Waals surface area contributed by atoms with Crippen LogP contribution in [0, 0.1) is 6.92 Å². The molecule has 0 radical (unpaired) electrons. The average Bonchev–Trinajstić information content (AvgIpc) is 2.79. The molecule has 0 aliphatic heterocycles. The van der Waals surface area contributed by atoms with Gasteiger partial charge in [-0.05, 0) is 61.2 Å². The topological polar surface area (TPSA) is 84.5 Å². The number of amides is 1. The maximum absolute atomic E-state index is 12.7. The first-order valence-corrected chi connectivity index (χ1v) is 12.0. The van der Waals surface area contributed by atoms with Crippen LogP contribution in [0.5, 0.6) is 5.75 Å². The quantitative estimate of drug-likeness (QED) is 0.496. The number of nitrogens with one attached hydrogen (secondary N) is 2. The third kappa shape index (κ3) is 5.96. The molecule has 0 unspecified atom stereocenters. The fourth-order valence-corrected chi connectivity index (χ4v) is 4.58. The molecule has 7 heteroatoms. The Kier molecular flexibility index (Phi) is 7.66. The van der Waals surface area contributed by atoms with E-state index in [2.05, 4.69) is 10.0 Å². The zero-order valence-corrected chi connectivity index (χ0v) is 19.3. The summed E-state index contributed by atoms with van der Waals surface area (Å²) >= 11 is 0. The van der Waals surface area contributed by atoms with Crippen LogP contribution in [-0.4, -0.2) is 20.9 Å². The van der Waals surface area contributed by atoms with Gasteiger partial charge in [-0.3, -0.25) is 4.79 Å². The van der Waals surface area contributed by atoms with Crippen molar-refractivity contribution in [2.45, 2.75) is 38.1 Å². The summed E-state index contributed by atoms with van der Waals surface area (Å²) in [7, 11) is -3.69. The van der Waals surface area contributed by atoms with Crippen molar-refractivity contribution in [1.82, 2.24) is 4.72 Å². The molecule has 0 saturated carbocycles. The predicted octanol–water partition coefficient (Wildman–Crippen LogP) is 4.61. The highest BCUT2D eigenvalue weighted by Crippen LogP contribution is 2.22. The molecule has 0 aliphatic carbocycles. The molecule has 0 aromatic heterocycles. The van der Waals surface area contributed by atoms with Crippen LogP contribution in [0.3, 0.4) is 0 Å². The lowest BCUT2D eigenvalue weighted by Crippen LogP contribution is -2.26. The Bertz CT molecular complexity index is 1160. The summed E-state index contributed by atoms with van der Waals surface area (Å²) in [4.78, 5) is 12.5. The first-order chi connectivity index (χ1) is 15.3. The molecule has 32 heavy (non-hydrogen) atoms. The van der Waals surface area contributed by atoms with Gasteiger partial charge in [0.2, 0.25) is 10.0 Å². The first kappa shape index (κ1) is 23.5. The smallest absolute Gasteiger partial charge is 0.262 e. The summed E-state index contributed by atoms with van der Waals surface area (Å²) in [6, 6.07) is 20.9. The van der Waals surface area contributed by atoms with Crippen molar-refractivity contribution < 1.29 is 17.9 Å². The molecular weight excluding hydrogens is 424 g/mol. The Labute approximate surface area is 189 Å². The predicted molar refractivity (Wildman–Crippen MR) is 126 cm³/mol. The van der Waals surface area contributed by atoms with Gasteiger partial charge < -0.3 is 10.1 Å². The minimum atomic E-state index is -3.69. The van der Waals surface area contributed by atoms with E-state index >= 15 is 0 Å². The maximum atomic E-state index is 12.7. The molecule has 0 fully saturated rings. The molecule has 1 atom stereocenters. The van der Waals surface area contributed by atoms with Gasteiger partial charge in [-0.2, -0.15) is 0 Å². The largest absolute Gasteiger partial charge is 0.484 e. The van der Waals surface area contributed by atoms with Crippen molar-refractivity contribution in [3.8, 4) is 5.75 Å². The van der Waals surface area contributed by atoms with Crippen molar-refractivity contribution in [2.75, 3.05) is 11.9 Å². The molecule has 3 aromatic rings. The van der Waals surface area contributed by atoms with E-state index in [1.807, 2.05) is 62.4 Å². The summed E-state index contributed by atoms with van der Waals surface area (Å²) in [5, 5.41) is 2.90. The number of ether oxygens (including phenoxy) is 1. The summed E-state index contributed by atoms with van der Waals surface area (Å²) in [6.07, 6.45) is 0.811. The second kappa shape index (κ2) is 10.4. The molecule has 0 bridgehead atoms. The number of rotatable bonds is 9. The van der Waals surface area contributed by atoms with Gasteiger partial charge in [-0.1, -0.05) is 55.5 Å². The number of carbonyl (C=O) groups excluding carboxylic acids is 1. The highest BCUT2D eigenvalue weighted by Gasteiger charge is 2.18. The molecule has 0 aliphatic rings. The van der Waals surface area contributed by atoms with Gasteiger partial charge >= 0.3 is 0 Å². The number of hydrogen-bond acceptors (Lipinski definition) is 4. The second-order valence-electron chi connectivity index (χ2n) is 7.52. The molecule has 0 saturated heterocycles. The average molecular weight is 453 g/mol. The van der Waals surface area contributed by atoms with Crippen molar-refractivity contribution in [3.63, 3.8) is 0 Å². The molecule has 0 spiro atoms. The van der Waals surface area contributed by atoms with Crippen LogP contribution in [0.15, 0.2) is 77.7 Å². The third-order valence-corrected chi connectivity index (χ3v) is 6.70. The van der Waals surface area contributed by atoms with Crippen molar-refractivity contribution >= 4 is 21.6 Å². The first-order valence-electron chi connectivity index (χ1n) is 10.5. The van der Waals surface area contributed by atoms with E-state index in [-0.39, 0.29) is 23.5 Å². The van der Waals surface area contributed by atoms with E-state index < -0.39 is 10.0 Å². The monoisotopic (exact) mass is 452 g/mol.